The molecular weight excluding hydrogens is 396 g/mol. The van der Waals surface area contributed by atoms with E-state index in [0.717, 1.165) is 18.1 Å². The fraction of sp³-hybridized carbons (Fsp3) is 0.182. The first kappa shape index (κ1) is 22.3. The quantitative estimate of drug-likeness (QED) is 0.591. The minimum absolute atomic E-state index is 0.194. The number of carbonyl (C=O) groups is 1. The number of benzene rings is 2. The van der Waals surface area contributed by atoms with Gasteiger partial charge in [0, 0.05) is 27.4 Å². The van der Waals surface area contributed by atoms with Gasteiger partial charge in [-0.15, -0.1) is 0 Å². The fourth-order valence-corrected chi connectivity index (χ4v) is 3.06. The Labute approximate surface area is 172 Å². The van der Waals surface area contributed by atoms with Gasteiger partial charge in [-0.2, -0.15) is 4.99 Å². The summed E-state index contributed by atoms with van der Waals surface area (Å²) in [5.41, 5.74) is 12.5. The summed E-state index contributed by atoms with van der Waals surface area (Å²) in [5.74, 6) is -2.40. The van der Waals surface area contributed by atoms with E-state index in [9.17, 15) is 13.6 Å². The van der Waals surface area contributed by atoms with Crippen LogP contribution in [0.4, 0.5) is 8.78 Å². The first-order valence-electron chi connectivity index (χ1n) is 8.91. The summed E-state index contributed by atoms with van der Waals surface area (Å²) in [5, 5.41) is 1.54. The third-order valence-corrected chi connectivity index (χ3v) is 4.74. The molecule has 1 amide bonds. The Bertz CT molecular complexity index is 1130. The third-order valence-electron chi connectivity index (χ3n) is 4.42. The predicted molar refractivity (Wildman–Crippen MR) is 114 cm³/mol. The molecule has 0 radical (unpaired) electrons. The van der Waals surface area contributed by atoms with E-state index in [1.807, 2.05) is 19.9 Å². The van der Waals surface area contributed by atoms with Crippen LogP contribution in [-0.2, 0) is 0 Å². The Morgan fingerprint density at radius 3 is 2.38 bits per heavy atom. The van der Waals surface area contributed by atoms with Gasteiger partial charge in [0.05, 0.1) is 0 Å². The highest BCUT2D eigenvalue weighted by molar-refractivity contribution is 6.47. The summed E-state index contributed by atoms with van der Waals surface area (Å²) in [6.07, 6.45) is 2.62. The minimum Gasteiger partial charge on any atom is -0.370 e. The summed E-state index contributed by atoms with van der Waals surface area (Å²) >= 11 is 6.52. The molecule has 0 atom stereocenters. The average Bonchev–Trinajstić information content (AvgIpc) is 2.66. The molecule has 29 heavy (non-hydrogen) atoms. The van der Waals surface area contributed by atoms with Crippen molar-refractivity contribution in [2.75, 3.05) is 0 Å². The molecule has 0 spiro atoms. The van der Waals surface area contributed by atoms with Crippen molar-refractivity contribution in [1.82, 2.24) is 0 Å². The Morgan fingerprint density at radius 2 is 1.79 bits per heavy atom. The maximum absolute atomic E-state index is 14.4. The van der Waals surface area contributed by atoms with Gasteiger partial charge in [-0.25, -0.2) is 8.78 Å². The molecule has 0 aliphatic carbocycles. The van der Waals surface area contributed by atoms with Gasteiger partial charge in [0.1, 0.15) is 11.6 Å². The number of allylic oxidation sites excluding steroid dienone is 2. The van der Waals surface area contributed by atoms with Crippen LogP contribution in [0, 0.1) is 11.6 Å². The van der Waals surface area contributed by atoms with Gasteiger partial charge in [-0.05, 0) is 61.4 Å². The Hall–Kier alpha value is -2.99. The molecule has 4 N–H and O–H groups in total. The van der Waals surface area contributed by atoms with Gasteiger partial charge in [-0.1, -0.05) is 30.2 Å². The number of aliphatic imine (C=N–C) groups is 1. The largest absolute Gasteiger partial charge is 0.370 e. The molecule has 0 saturated heterocycles. The molecule has 2 aromatic rings. The van der Waals surface area contributed by atoms with Crippen molar-refractivity contribution in [3.63, 3.8) is 0 Å². The summed E-state index contributed by atoms with van der Waals surface area (Å²) in [4.78, 5) is 15.8. The van der Waals surface area contributed by atoms with E-state index in [0.29, 0.717) is 21.0 Å². The van der Waals surface area contributed by atoms with Crippen LogP contribution in [0.3, 0.4) is 0 Å². The lowest BCUT2D eigenvalue weighted by atomic mass is 10.0. The summed E-state index contributed by atoms with van der Waals surface area (Å²) in [7, 11) is 0. The molecule has 0 aliphatic heterocycles. The van der Waals surface area contributed by atoms with E-state index in [1.165, 1.54) is 12.1 Å². The first-order valence-corrected chi connectivity index (χ1v) is 9.29. The van der Waals surface area contributed by atoms with Crippen molar-refractivity contribution in [2.45, 2.75) is 27.2 Å². The lowest BCUT2D eigenvalue weighted by Gasteiger charge is -2.07. The smallest absolute Gasteiger partial charge is 0.280 e. The maximum atomic E-state index is 14.4. The molecule has 0 heterocycles. The second-order valence-corrected chi connectivity index (χ2v) is 6.95. The van der Waals surface area contributed by atoms with E-state index in [2.05, 4.69) is 4.99 Å². The van der Waals surface area contributed by atoms with Gasteiger partial charge < -0.3 is 11.5 Å². The number of guanidine groups is 1. The summed E-state index contributed by atoms with van der Waals surface area (Å²) in [6, 6.07) is 8.05. The van der Waals surface area contributed by atoms with Crippen LogP contribution >= 0.6 is 11.6 Å². The number of rotatable bonds is 4. The van der Waals surface area contributed by atoms with Gasteiger partial charge in [0.15, 0.2) is 5.96 Å². The van der Waals surface area contributed by atoms with Crippen LogP contribution in [0.5, 0.6) is 0 Å². The second kappa shape index (κ2) is 9.47. The molecular formula is C22H22ClF2N3O. The van der Waals surface area contributed by atoms with Gasteiger partial charge >= 0.3 is 0 Å². The highest BCUT2D eigenvalue weighted by Gasteiger charge is 2.10. The molecule has 152 valence electrons. The zero-order valence-corrected chi connectivity index (χ0v) is 17.1. The molecule has 0 bridgehead atoms. The standard InChI is InChI=1S/C22H22ClF2N3O/c1-4-12(2)9-19(23)17-7-5-14(21(29)28-22(26)27)10-18(17)13(3)16-8-6-15(24)11-20(16)25/h5-11H,4H2,1-3H3,(H4,26,27,28,29)/b12-9+,18-13+,19-17+. The normalized spacial score (nSPS) is 13.7. The molecule has 0 aromatic heterocycles. The molecule has 7 heteroatoms. The highest BCUT2D eigenvalue weighted by atomic mass is 35.5. The molecule has 0 aliphatic rings. The number of hydrogen-bond donors (Lipinski definition) is 2. The zero-order valence-electron chi connectivity index (χ0n) is 16.4. The van der Waals surface area contributed by atoms with Crippen molar-refractivity contribution in [1.29, 1.82) is 0 Å². The summed E-state index contributed by atoms with van der Waals surface area (Å²) in [6.45, 7) is 5.61. The Morgan fingerprint density at radius 1 is 1.10 bits per heavy atom. The number of nitrogens with two attached hydrogens (primary N) is 2. The Balaban J connectivity index is 2.92. The topological polar surface area (TPSA) is 81.5 Å². The van der Waals surface area contributed by atoms with E-state index in [1.54, 1.807) is 25.1 Å². The number of halogens is 3. The highest BCUT2D eigenvalue weighted by Crippen LogP contribution is 2.17. The van der Waals surface area contributed by atoms with Crippen molar-refractivity contribution >= 4 is 34.1 Å². The van der Waals surface area contributed by atoms with Crippen LogP contribution < -0.4 is 21.9 Å². The zero-order chi connectivity index (χ0) is 21.7. The molecule has 0 unspecified atom stereocenters. The minimum atomic E-state index is -0.717. The number of nitrogens with zero attached hydrogens (tertiary/aromatic N) is 1. The molecule has 4 nitrogen and oxygen atoms in total. The average molecular weight is 418 g/mol. The van der Waals surface area contributed by atoms with Gasteiger partial charge in [0.25, 0.3) is 5.91 Å². The van der Waals surface area contributed by atoms with Crippen molar-refractivity contribution in [3.8, 4) is 0 Å². The van der Waals surface area contributed by atoms with E-state index in [4.69, 9.17) is 23.1 Å². The molecule has 0 fully saturated rings. The maximum Gasteiger partial charge on any atom is 0.280 e. The van der Waals surface area contributed by atoms with Gasteiger partial charge in [-0.3, -0.25) is 4.79 Å². The van der Waals surface area contributed by atoms with E-state index < -0.39 is 17.5 Å². The monoisotopic (exact) mass is 417 g/mol. The second-order valence-electron chi connectivity index (χ2n) is 6.54. The predicted octanol–water partition coefficient (Wildman–Crippen LogP) is 3.30. The first-order chi connectivity index (χ1) is 13.6. The van der Waals surface area contributed by atoms with E-state index >= 15 is 0 Å². The Kier molecular flexibility index (Phi) is 7.29. The fourth-order valence-electron chi connectivity index (χ4n) is 2.71. The van der Waals surface area contributed by atoms with Crippen LogP contribution in [-0.4, -0.2) is 11.9 Å². The lowest BCUT2D eigenvalue weighted by molar-refractivity contribution is 0.100. The summed E-state index contributed by atoms with van der Waals surface area (Å²) < 4.78 is 27.7. The van der Waals surface area contributed by atoms with Crippen molar-refractivity contribution in [2.24, 2.45) is 16.5 Å². The van der Waals surface area contributed by atoms with Crippen LogP contribution in [0.15, 0.2) is 53.0 Å². The van der Waals surface area contributed by atoms with E-state index in [-0.39, 0.29) is 17.1 Å². The van der Waals surface area contributed by atoms with Crippen molar-refractivity contribution < 1.29 is 13.6 Å². The number of amides is 1. The third kappa shape index (κ3) is 5.51. The molecule has 0 saturated carbocycles. The van der Waals surface area contributed by atoms with Crippen molar-refractivity contribution in [3.05, 3.63) is 81.2 Å². The number of carbonyl (C=O) groups excluding carboxylic acids is 1. The number of hydrogen-bond acceptors (Lipinski definition) is 1. The molecule has 2 rings (SSSR count). The van der Waals surface area contributed by atoms with Gasteiger partial charge in [0.2, 0.25) is 0 Å². The lowest BCUT2D eigenvalue weighted by Crippen LogP contribution is -2.30. The van der Waals surface area contributed by atoms with Crippen LogP contribution in [0.2, 0.25) is 0 Å². The van der Waals surface area contributed by atoms with Crippen LogP contribution in [0.25, 0.3) is 10.6 Å². The molecule has 2 aromatic carbocycles. The van der Waals surface area contributed by atoms with Crippen LogP contribution in [0.1, 0.15) is 43.1 Å². The SMILES string of the molecule is CC/C(C)=C/C(Cl)=c1/ccc(C(=O)N=C(N)N)c/c1=C(/C)c1ccc(F)cc1F.